The van der Waals surface area contributed by atoms with Gasteiger partial charge in [0.15, 0.2) is 0 Å². The Kier molecular flexibility index (Phi) is 5.37. The number of rotatable bonds is 5. The van der Waals surface area contributed by atoms with Crippen molar-refractivity contribution in [1.82, 2.24) is 15.5 Å². The van der Waals surface area contributed by atoms with Crippen LogP contribution in [0, 0.1) is 5.92 Å². The number of nitrogens with one attached hydrogen (secondary N) is 2. The van der Waals surface area contributed by atoms with Crippen LogP contribution in [-0.4, -0.2) is 60.3 Å². The molecule has 0 spiro atoms. The fourth-order valence-electron chi connectivity index (χ4n) is 4.35. The number of hydrogen-bond acceptors (Lipinski definition) is 4. The van der Waals surface area contributed by atoms with E-state index in [0.29, 0.717) is 5.92 Å². The van der Waals surface area contributed by atoms with Gasteiger partial charge in [0.05, 0.1) is 11.6 Å². The van der Waals surface area contributed by atoms with E-state index < -0.39 is 5.60 Å². The van der Waals surface area contributed by atoms with Crippen molar-refractivity contribution in [1.29, 1.82) is 0 Å². The molecule has 2 aliphatic heterocycles. The molecule has 5 heteroatoms. The van der Waals surface area contributed by atoms with Crippen LogP contribution < -0.4 is 10.6 Å². The van der Waals surface area contributed by atoms with Crippen LogP contribution in [0.3, 0.4) is 0 Å². The normalized spacial score (nSPS) is 32.2. The van der Waals surface area contributed by atoms with Gasteiger partial charge < -0.3 is 20.6 Å². The van der Waals surface area contributed by atoms with Crippen molar-refractivity contribution in [3.63, 3.8) is 0 Å². The lowest BCUT2D eigenvalue weighted by molar-refractivity contribution is -0.123. The van der Waals surface area contributed by atoms with Crippen LogP contribution in [0.2, 0.25) is 0 Å². The minimum atomic E-state index is -0.446. The topological polar surface area (TPSA) is 64.6 Å². The second-order valence-corrected chi connectivity index (χ2v) is 7.57. The van der Waals surface area contributed by atoms with Gasteiger partial charge in [-0.25, -0.2) is 0 Å². The zero-order chi connectivity index (χ0) is 15.4. The Bertz CT molecular complexity index is 376. The Labute approximate surface area is 133 Å². The van der Waals surface area contributed by atoms with Gasteiger partial charge in [0.1, 0.15) is 0 Å². The molecule has 3 fully saturated rings. The minimum Gasteiger partial charge on any atom is -0.389 e. The number of likely N-dealkylation sites (tertiary alicyclic amines) is 1. The van der Waals surface area contributed by atoms with Gasteiger partial charge in [-0.2, -0.15) is 0 Å². The molecule has 0 aromatic rings. The van der Waals surface area contributed by atoms with Gasteiger partial charge in [0.25, 0.3) is 0 Å². The second-order valence-electron chi connectivity index (χ2n) is 7.57. The van der Waals surface area contributed by atoms with Gasteiger partial charge in [-0.05, 0) is 57.5 Å². The highest BCUT2D eigenvalue weighted by Gasteiger charge is 2.34. The van der Waals surface area contributed by atoms with Gasteiger partial charge in [0.2, 0.25) is 5.91 Å². The summed E-state index contributed by atoms with van der Waals surface area (Å²) in [7, 11) is 0. The Balaban J connectivity index is 1.41. The van der Waals surface area contributed by atoms with Crippen molar-refractivity contribution in [2.45, 2.75) is 63.0 Å². The van der Waals surface area contributed by atoms with E-state index in [9.17, 15) is 9.90 Å². The fourth-order valence-corrected chi connectivity index (χ4v) is 4.35. The van der Waals surface area contributed by atoms with E-state index in [1.807, 2.05) is 0 Å². The maximum atomic E-state index is 12.1. The fraction of sp³-hybridized carbons (Fsp3) is 0.941. The number of amides is 1. The number of carbonyl (C=O) groups excluding carboxylic acids is 1. The first kappa shape index (κ1) is 16.2. The molecule has 2 unspecified atom stereocenters. The Morgan fingerprint density at radius 3 is 2.77 bits per heavy atom. The zero-order valence-electron chi connectivity index (χ0n) is 13.6. The monoisotopic (exact) mass is 309 g/mol. The summed E-state index contributed by atoms with van der Waals surface area (Å²) in [6, 6.07) is 0.0268. The van der Waals surface area contributed by atoms with Gasteiger partial charge in [-0.15, -0.1) is 0 Å². The molecule has 2 saturated heterocycles. The first-order chi connectivity index (χ1) is 10.6. The molecule has 126 valence electrons. The molecule has 3 aliphatic rings. The van der Waals surface area contributed by atoms with Crippen LogP contribution >= 0.6 is 0 Å². The van der Waals surface area contributed by atoms with E-state index in [2.05, 4.69) is 15.5 Å². The quantitative estimate of drug-likeness (QED) is 0.705. The molecule has 22 heavy (non-hydrogen) atoms. The highest BCUT2D eigenvalue weighted by molar-refractivity contribution is 5.81. The van der Waals surface area contributed by atoms with E-state index in [1.165, 1.54) is 12.8 Å². The van der Waals surface area contributed by atoms with E-state index in [4.69, 9.17) is 0 Å². The molecule has 1 saturated carbocycles. The van der Waals surface area contributed by atoms with Crippen molar-refractivity contribution in [2.75, 3.05) is 32.7 Å². The number of hydrogen-bond donors (Lipinski definition) is 3. The van der Waals surface area contributed by atoms with Crippen molar-refractivity contribution >= 4 is 5.91 Å². The van der Waals surface area contributed by atoms with Crippen molar-refractivity contribution in [3.8, 4) is 0 Å². The molecule has 0 aromatic heterocycles. The molecular weight excluding hydrogens is 278 g/mol. The first-order valence-corrected chi connectivity index (χ1v) is 9.10. The molecule has 1 aliphatic carbocycles. The zero-order valence-corrected chi connectivity index (χ0v) is 13.6. The molecule has 2 atom stereocenters. The molecule has 3 N–H and O–H groups in total. The van der Waals surface area contributed by atoms with E-state index in [-0.39, 0.29) is 11.9 Å². The molecule has 5 nitrogen and oxygen atoms in total. The Morgan fingerprint density at radius 2 is 2.05 bits per heavy atom. The highest BCUT2D eigenvalue weighted by Crippen LogP contribution is 2.31. The second kappa shape index (κ2) is 7.28. The number of carbonyl (C=O) groups is 1. The third-order valence-corrected chi connectivity index (χ3v) is 5.60. The van der Waals surface area contributed by atoms with E-state index in [1.54, 1.807) is 0 Å². The van der Waals surface area contributed by atoms with E-state index in [0.717, 1.165) is 71.2 Å². The predicted octanol–water partition coefficient (Wildman–Crippen LogP) is 0.872. The summed E-state index contributed by atoms with van der Waals surface area (Å²) in [4.78, 5) is 14.5. The summed E-state index contributed by atoms with van der Waals surface area (Å²) in [5, 5.41) is 16.9. The summed E-state index contributed by atoms with van der Waals surface area (Å²) in [5.41, 5.74) is -0.446. The standard InChI is InChI=1S/C17H31N3O2/c21-16(15-6-3-9-18-15)19-11-14-5-4-10-20(12-14)13-17(22)7-1-2-8-17/h14-15,18,22H,1-13H2,(H,19,21). The van der Waals surface area contributed by atoms with Crippen LogP contribution in [0.5, 0.6) is 0 Å². The summed E-state index contributed by atoms with van der Waals surface area (Å²) >= 11 is 0. The summed E-state index contributed by atoms with van der Waals surface area (Å²) < 4.78 is 0. The van der Waals surface area contributed by atoms with Crippen LogP contribution in [-0.2, 0) is 4.79 Å². The SMILES string of the molecule is O=C(NCC1CCCN(CC2(O)CCCC2)C1)C1CCCN1. The van der Waals surface area contributed by atoms with Crippen LogP contribution in [0.1, 0.15) is 51.4 Å². The molecular formula is C17H31N3O2. The number of β-amino-alcohol motifs (C(OH)–C–C–N with tert-alkyl or cyclic N) is 1. The lowest BCUT2D eigenvalue weighted by Gasteiger charge is -2.37. The number of aliphatic hydroxyl groups is 1. The average molecular weight is 309 g/mol. The Morgan fingerprint density at radius 1 is 1.23 bits per heavy atom. The summed E-state index contributed by atoms with van der Waals surface area (Å²) in [6.45, 7) is 4.68. The summed E-state index contributed by atoms with van der Waals surface area (Å²) in [6.07, 6.45) is 8.68. The van der Waals surface area contributed by atoms with Crippen LogP contribution in [0.15, 0.2) is 0 Å². The third kappa shape index (κ3) is 4.21. The molecule has 2 heterocycles. The van der Waals surface area contributed by atoms with Gasteiger partial charge in [-0.3, -0.25) is 4.79 Å². The smallest absolute Gasteiger partial charge is 0.237 e. The van der Waals surface area contributed by atoms with Crippen molar-refractivity contribution in [2.24, 2.45) is 5.92 Å². The molecule has 1 amide bonds. The minimum absolute atomic E-state index is 0.0268. The molecule has 0 bridgehead atoms. The van der Waals surface area contributed by atoms with Crippen LogP contribution in [0.4, 0.5) is 0 Å². The van der Waals surface area contributed by atoms with Gasteiger partial charge in [0, 0.05) is 19.6 Å². The lowest BCUT2D eigenvalue weighted by atomic mass is 9.95. The number of piperidine rings is 1. The highest BCUT2D eigenvalue weighted by atomic mass is 16.3. The van der Waals surface area contributed by atoms with E-state index >= 15 is 0 Å². The molecule has 3 rings (SSSR count). The third-order valence-electron chi connectivity index (χ3n) is 5.60. The van der Waals surface area contributed by atoms with Crippen molar-refractivity contribution < 1.29 is 9.90 Å². The molecule has 0 radical (unpaired) electrons. The maximum absolute atomic E-state index is 12.1. The predicted molar refractivity (Wildman–Crippen MR) is 86.6 cm³/mol. The van der Waals surface area contributed by atoms with Crippen molar-refractivity contribution in [3.05, 3.63) is 0 Å². The average Bonchev–Trinajstić information content (AvgIpc) is 3.17. The molecule has 0 aromatic carbocycles. The largest absolute Gasteiger partial charge is 0.389 e. The van der Waals surface area contributed by atoms with Crippen LogP contribution in [0.25, 0.3) is 0 Å². The Hall–Kier alpha value is -0.650. The number of nitrogens with zero attached hydrogens (tertiary/aromatic N) is 1. The first-order valence-electron chi connectivity index (χ1n) is 9.10. The lowest BCUT2D eigenvalue weighted by Crippen LogP contribution is -2.48. The summed E-state index contributed by atoms with van der Waals surface area (Å²) in [5.74, 6) is 0.702. The van der Waals surface area contributed by atoms with Gasteiger partial charge >= 0.3 is 0 Å². The maximum Gasteiger partial charge on any atom is 0.237 e. The van der Waals surface area contributed by atoms with Gasteiger partial charge in [-0.1, -0.05) is 12.8 Å².